The molecule has 0 rings (SSSR count). The Morgan fingerprint density at radius 3 is 1.17 bits per heavy atom. The zero-order valence-electron chi connectivity index (χ0n) is 5.91. The number of hydrogen-bond acceptors (Lipinski definition) is 6. The van der Waals surface area contributed by atoms with Gasteiger partial charge in [-0.2, -0.15) is 0 Å². The summed E-state index contributed by atoms with van der Waals surface area (Å²) in [7, 11) is -10.1. The van der Waals surface area contributed by atoms with E-state index >= 15 is 0 Å². The van der Waals surface area contributed by atoms with Crippen molar-refractivity contribution in [1.82, 2.24) is 0 Å². The van der Waals surface area contributed by atoms with Crippen LogP contribution in [0.2, 0.25) is 0 Å². The van der Waals surface area contributed by atoms with Crippen LogP contribution in [0.5, 0.6) is 0 Å². The molecule has 0 amide bonds. The van der Waals surface area contributed by atoms with Gasteiger partial charge in [0.05, 0.1) is 0 Å². The summed E-state index contributed by atoms with van der Waals surface area (Å²) in [5.41, 5.74) is 0. The summed E-state index contributed by atoms with van der Waals surface area (Å²) >= 11 is 0. The standard InChI is InChI=1S/Ca.Li.H3O4P.H2O4S/c;;2*1-5(2,3)4/h;;(H3,1,2,3,4);(H2,1,2,3,4)/q+2;+1;;/p-3. The molecule has 0 aromatic heterocycles. The Bertz CT molecular complexity index is 197. The van der Waals surface area contributed by atoms with E-state index in [1.807, 2.05) is 0 Å². The van der Waals surface area contributed by atoms with Crippen molar-refractivity contribution in [2.24, 2.45) is 0 Å². The molecule has 0 aromatic carbocycles. The van der Waals surface area contributed by atoms with Crippen molar-refractivity contribution >= 4 is 56.0 Å². The minimum atomic E-state index is -5.17. The topological polar surface area (TPSA) is 161 Å². The van der Waals surface area contributed by atoms with Crippen molar-refractivity contribution in [3.8, 4) is 0 Å². The van der Waals surface area contributed by atoms with Crippen LogP contribution in [0.1, 0.15) is 0 Å². The molecule has 0 unspecified atom stereocenters. The van der Waals surface area contributed by atoms with Crippen LogP contribution in [-0.2, 0) is 15.0 Å². The van der Waals surface area contributed by atoms with Crippen molar-refractivity contribution < 1.29 is 55.6 Å². The first-order valence-corrected chi connectivity index (χ1v) is 4.30. The van der Waals surface area contributed by atoms with Crippen LogP contribution in [0, 0.1) is 0 Å². The summed E-state index contributed by atoms with van der Waals surface area (Å²) in [6, 6.07) is 0. The summed E-state index contributed by atoms with van der Waals surface area (Å²) < 4.78 is 42.9. The fourth-order valence-electron chi connectivity index (χ4n) is 0. The van der Waals surface area contributed by atoms with E-state index < -0.39 is 18.2 Å². The number of hydrogen-bond donors (Lipinski definition) is 2. The third-order valence-corrected chi connectivity index (χ3v) is 0. The van der Waals surface area contributed by atoms with Crippen molar-refractivity contribution in [2.75, 3.05) is 0 Å². The van der Waals surface area contributed by atoms with Gasteiger partial charge in [0.15, 0.2) is 0 Å². The van der Waals surface area contributed by atoms with Gasteiger partial charge in [-0.05, 0) is 0 Å². The first-order valence-electron chi connectivity index (χ1n) is 1.43. The van der Waals surface area contributed by atoms with Gasteiger partial charge in [-0.25, -0.2) is 0 Å². The molecule has 64 valence electrons. The maximum Gasteiger partial charge on any atom is 2.00 e. The van der Waals surface area contributed by atoms with E-state index in [9.17, 15) is 0 Å². The van der Waals surface area contributed by atoms with Gasteiger partial charge >= 0.3 is 56.6 Å². The van der Waals surface area contributed by atoms with E-state index in [1.165, 1.54) is 0 Å². The minimum Gasteiger partial charge on any atom is -0.759 e. The Morgan fingerprint density at radius 2 is 1.17 bits per heavy atom. The summed E-state index contributed by atoms with van der Waals surface area (Å²) in [6.07, 6.45) is 0. The Kier molecular flexibility index (Phi) is 18.4. The van der Waals surface area contributed by atoms with Gasteiger partial charge < -0.3 is 23.8 Å². The predicted octanol–water partition coefficient (Wildman–Crippen LogP) is -6.28. The van der Waals surface area contributed by atoms with Crippen molar-refractivity contribution in [2.45, 2.75) is 0 Å². The van der Waals surface area contributed by atoms with E-state index in [2.05, 4.69) is 0 Å². The van der Waals surface area contributed by atoms with Crippen molar-refractivity contribution in [3.63, 3.8) is 0 Å². The van der Waals surface area contributed by atoms with E-state index in [0.29, 0.717) is 0 Å². The maximum atomic E-state index is 8.77. The number of phosphoric acid groups is 1. The first-order chi connectivity index (χ1) is 4.00. The molecule has 0 spiro atoms. The van der Waals surface area contributed by atoms with Gasteiger partial charge in [0.25, 0.3) is 7.82 Å². The molecule has 0 aliphatic carbocycles. The predicted molar refractivity (Wildman–Crippen MR) is 28.3 cm³/mol. The van der Waals surface area contributed by atoms with Crippen LogP contribution in [-0.4, -0.2) is 65.0 Å². The van der Waals surface area contributed by atoms with E-state index in [0.717, 1.165) is 0 Å². The Hall–Kier alpha value is 1.84. The van der Waals surface area contributed by atoms with Gasteiger partial charge in [-0.15, -0.1) is 0 Å². The SMILES string of the molecule is O=P([O-])(O)O.O=S(=O)([O-])[O-].[Ca+2].[Li+]. The normalized spacial score (nSPS) is 9.75. The maximum absolute atomic E-state index is 8.77. The summed E-state index contributed by atoms with van der Waals surface area (Å²) in [4.78, 5) is 22.9. The molecule has 0 aliphatic heterocycles. The van der Waals surface area contributed by atoms with Gasteiger partial charge in [-0.3, -0.25) is 13.0 Å². The largest absolute Gasteiger partial charge is 2.00 e. The molecule has 0 bridgehead atoms. The molecular weight excluding hydrogens is 238 g/mol. The molecule has 0 aromatic rings. The molecular formula is H2CaLiO8PS. The van der Waals surface area contributed by atoms with Crippen LogP contribution in [0.15, 0.2) is 0 Å². The quantitative estimate of drug-likeness (QED) is 0.183. The van der Waals surface area contributed by atoms with E-state index in [-0.39, 0.29) is 56.6 Å². The van der Waals surface area contributed by atoms with Gasteiger partial charge in [0.2, 0.25) is 0 Å². The molecule has 0 saturated heterocycles. The Labute approximate surface area is 110 Å². The summed E-state index contributed by atoms with van der Waals surface area (Å²) in [6.45, 7) is 0. The zero-order valence-corrected chi connectivity index (χ0v) is 9.83. The Balaban J connectivity index is -0.0000000457. The van der Waals surface area contributed by atoms with Crippen LogP contribution in [0.3, 0.4) is 0 Å². The fraction of sp³-hybridized carbons (Fsp3) is 0. The molecule has 0 aliphatic rings. The Morgan fingerprint density at radius 1 is 1.17 bits per heavy atom. The molecule has 8 nitrogen and oxygen atoms in total. The third-order valence-electron chi connectivity index (χ3n) is 0. The summed E-state index contributed by atoms with van der Waals surface area (Å²) in [5.74, 6) is 0. The number of rotatable bonds is 0. The first kappa shape index (κ1) is 23.6. The molecule has 0 saturated carbocycles. The van der Waals surface area contributed by atoms with Crippen LogP contribution < -0.4 is 23.8 Å². The molecule has 12 heteroatoms. The molecule has 0 fully saturated rings. The zero-order chi connectivity index (χ0) is 9.00. The second-order valence-electron chi connectivity index (χ2n) is 0.899. The van der Waals surface area contributed by atoms with Gasteiger partial charge in [0, 0.05) is 10.4 Å². The summed E-state index contributed by atoms with van der Waals surface area (Å²) in [5, 5.41) is 0. The fourth-order valence-corrected chi connectivity index (χ4v) is 0. The van der Waals surface area contributed by atoms with Gasteiger partial charge in [0.1, 0.15) is 0 Å². The minimum absolute atomic E-state index is 0. The average Bonchev–Trinajstić information content (AvgIpc) is 1.12. The van der Waals surface area contributed by atoms with Crippen molar-refractivity contribution in [3.05, 3.63) is 0 Å². The molecule has 2 N–H and O–H groups in total. The molecule has 0 radical (unpaired) electrons. The van der Waals surface area contributed by atoms with E-state index in [4.69, 9.17) is 36.8 Å². The van der Waals surface area contributed by atoms with Crippen LogP contribution in [0.4, 0.5) is 0 Å². The average molecular weight is 240 g/mol. The molecule has 0 heterocycles. The van der Waals surface area contributed by atoms with Crippen LogP contribution >= 0.6 is 7.82 Å². The molecule has 0 atom stereocenters. The van der Waals surface area contributed by atoms with Crippen LogP contribution in [0.25, 0.3) is 0 Å². The second kappa shape index (κ2) is 9.39. The second-order valence-corrected chi connectivity index (χ2v) is 2.70. The monoisotopic (exact) mass is 240 g/mol. The van der Waals surface area contributed by atoms with Crippen molar-refractivity contribution in [1.29, 1.82) is 0 Å². The third kappa shape index (κ3) is 412. The smallest absolute Gasteiger partial charge is 0.759 e. The van der Waals surface area contributed by atoms with E-state index in [1.54, 1.807) is 0 Å². The molecule has 12 heavy (non-hydrogen) atoms. The van der Waals surface area contributed by atoms with Gasteiger partial charge in [-0.1, -0.05) is 0 Å².